The molecule has 5 nitrogen and oxygen atoms in total. The summed E-state index contributed by atoms with van der Waals surface area (Å²) in [4.78, 5) is 12.5. The topological polar surface area (TPSA) is 89.8 Å². The highest BCUT2D eigenvalue weighted by atomic mass is 16.3. The number of aliphatic hydroxyl groups excluding tert-OH is 3. The molecular formula is C56H111NO4. The van der Waals surface area contributed by atoms with Crippen LogP contribution >= 0.6 is 0 Å². The molecule has 4 N–H and O–H groups in total. The monoisotopic (exact) mass is 862 g/mol. The molecular weight excluding hydrogens is 751 g/mol. The molecule has 0 fully saturated rings. The molecule has 0 radical (unpaired) electrons. The number of carbonyl (C=O) groups is 1. The summed E-state index contributed by atoms with van der Waals surface area (Å²) in [5.74, 6) is -0.311. The van der Waals surface area contributed by atoms with Gasteiger partial charge in [0, 0.05) is 0 Å². The fourth-order valence-electron chi connectivity index (χ4n) is 9.05. The average molecular weight is 863 g/mol. The summed E-state index contributed by atoms with van der Waals surface area (Å²) in [5.41, 5.74) is 0. The maximum Gasteiger partial charge on any atom is 0.222 e. The molecule has 0 aliphatic rings. The molecule has 0 rings (SSSR count). The second kappa shape index (κ2) is 51.7. The van der Waals surface area contributed by atoms with Crippen LogP contribution in [0.5, 0.6) is 0 Å². The summed E-state index contributed by atoms with van der Waals surface area (Å²) in [6, 6.07) is -0.739. The molecule has 0 aromatic carbocycles. The zero-order chi connectivity index (χ0) is 44.4. The maximum absolute atomic E-state index is 12.5. The van der Waals surface area contributed by atoms with Crippen molar-refractivity contribution in [3.05, 3.63) is 12.2 Å². The number of amides is 1. The number of aliphatic hydroxyl groups is 3. The molecule has 3 unspecified atom stereocenters. The van der Waals surface area contributed by atoms with Gasteiger partial charge in [-0.05, 0) is 19.3 Å². The van der Waals surface area contributed by atoms with E-state index in [9.17, 15) is 20.1 Å². The molecule has 0 saturated carbocycles. The highest BCUT2D eigenvalue weighted by molar-refractivity contribution is 5.76. The van der Waals surface area contributed by atoms with Gasteiger partial charge < -0.3 is 20.6 Å². The third-order valence-corrected chi connectivity index (χ3v) is 13.3. The van der Waals surface area contributed by atoms with Gasteiger partial charge in [-0.15, -0.1) is 0 Å². The fourth-order valence-corrected chi connectivity index (χ4v) is 9.05. The molecule has 3 atom stereocenters. The quantitative estimate of drug-likeness (QED) is 0.0362. The smallest absolute Gasteiger partial charge is 0.222 e. The number of carbonyl (C=O) groups excluding carboxylic acids is 1. The predicted molar refractivity (Wildman–Crippen MR) is 269 cm³/mol. The largest absolute Gasteiger partial charge is 0.394 e. The number of nitrogens with one attached hydrogen (secondary N) is 1. The third kappa shape index (κ3) is 48.4. The molecule has 0 heterocycles. The van der Waals surface area contributed by atoms with Crippen LogP contribution in [0.25, 0.3) is 0 Å². The van der Waals surface area contributed by atoms with Gasteiger partial charge in [0.1, 0.15) is 0 Å². The second-order valence-corrected chi connectivity index (χ2v) is 19.6. The lowest BCUT2D eigenvalue weighted by atomic mass is 10.0. The van der Waals surface area contributed by atoms with Gasteiger partial charge in [0.15, 0.2) is 0 Å². The average Bonchev–Trinajstić information content (AvgIpc) is 3.25. The minimum atomic E-state index is -0.924. The van der Waals surface area contributed by atoms with E-state index < -0.39 is 18.2 Å². The van der Waals surface area contributed by atoms with Gasteiger partial charge >= 0.3 is 0 Å². The Morgan fingerprint density at radius 1 is 0.410 bits per heavy atom. The van der Waals surface area contributed by atoms with Crippen molar-refractivity contribution in [1.82, 2.24) is 5.32 Å². The van der Waals surface area contributed by atoms with E-state index in [1.54, 1.807) is 6.08 Å². The molecule has 0 aromatic rings. The zero-order valence-electron chi connectivity index (χ0n) is 41.6. The number of hydrogen-bond donors (Lipinski definition) is 4. The Morgan fingerprint density at radius 3 is 0.951 bits per heavy atom. The van der Waals surface area contributed by atoms with Crippen molar-refractivity contribution in [2.24, 2.45) is 0 Å². The summed E-state index contributed by atoms with van der Waals surface area (Å²) in [6.45, 7) is 4.22. The van der Waals surface area contributed by atoms with E-state index in [4.69, 9.17) is 0 Å². The zero-order valence-corrected chi connectivity index (χ0v) is 41.6. The standard InChI is InChI=1S/C56H111NO4/c1-3-5-7-9-11-13-15-16-17-18-19-20-21-22-23-24-25-26-27-28-29-30-31-32-33-34-35-36-37-38-40-41-43-45-47-49-53(59)51-56(61)57-54(52-58)55(60)50-48-46-44-42-39-14-12-10-8-6-4-2/h48,50,53-55,58-60H,3-47,49,51-52H2,1-2H3,(H,57,61)/b50-48+. The van der Waals surface area contributed by atoms with E-state index in [-0.39, 0.29) is 18.9 Å². The second-order valence-electron chi connectivity index (χ2n) is 19.6. The van der Waals surface area contributed by atoms with Crippen LogP contribution in [0, 0.1) is 0 Å². The van der Waals surface area contributed by atoms with Gasteiger partial charge in [-0.2, -0.15) is 0 Å². The van der Waals surface area contributed by atoms with Crippen LogP contribution in [0.1, 0.15) is 316 Å². The van der Waals surface area contributed by atoms with Crippen molar-refractivity contribution in [2.45, 2.75) is 334 Å². The lowest BCUT2D eigenvalue weighted by Gasteiger charge is -2.21. The van der Waals surface area contributed by atoms with Crippen LogP contribution in [-0.2, 0) is 4.79 Å². The Labute approximate surface area is 382 Å². The van der Waals surface area contributed by atoms with E-state index in [2.05, 4.69) is 19.2 Å². The van der Waals surface area contributed by atoms with E-state index in [0.29, 0.717) is 6.42 Å². The minimum absolute atomic E-state index is 0.0189. The maximum atomic E-state index is 12.5. The van der Waals surface area contributed by atoms with Gasteiger partial charge in [0.2, 0.25) is 5.91 Å². The van der Waals surface area contributed by atoms with E-state index in [1.807, 2.05) is 6.08 Å². The lowest BCUT2D eigenvalue weighted by Crippen LogP contribution is -2.45. The molecule has 1 amide bonds. The number of rotatable bonds is 52. The van der Waals surface area contributed by atoms with Crippen LogP contribution in [-0.4, -0.2) is 46.1 Å². The molecule has 0 aliphatic heterocycles. The van der Waals surface area contributed by atoms with Crippen molar-refractivity contribution < 1.29 is 20.1 Å². The first kappa shape index (κ1) is 60.1. The first-order valence-corrected chi connectivity index (χ1v) is 28.0. The predicted octanol–water partition coefficient (Wildman–Crippen LogP) is 17.1. The number of allylic oxidation sites excluding steroid dienone is 1. The van der Waals surface area contributed by atoms with Gasteiger partial charge in [-0.3, -0.25) is 4.79 Å². The van der Waals surface area contributed by atoms with E-state index in [1.165, 1.54) is 263 Å². The Morgan fingerprint density at radius 2 is 0.672 bits per heavy atom. The van der Waals surface area contributed by atoms with Crippen LogP contribution in [0.15, 0.2) is 12.2 Å². The number of hydrogen-bond acceptors (Lipinski definition) is 4. The summed E-state index contributed by atoms with van der Waals surface area (Å²) < 4.78 is 0. The van der Waals surface area contributed by atoms with Gasteiger partial charge in [-0.25, -0.2) is 0 Å². The first-order valence-electron chi connectivity index (χ1n) is 28.0. The van der Waals surface area contributed by atoms with Crippen LogP contribution in [0.2, 0.25) is 0 Å². The van der Waals surface area contributed by atoms with E-state index in [0.717, 1.165) is 25.7 Å². The summed E-state index contributed by atoms with van der Waals surface area (Å²) in [7, 11) is 0. The minimum Gasteiger partial charge on any atom is -0.394 e. The molecule has 0 aromatic heterocycles. The SMILES string of the molecule is CCCCCCCCCCC/C=C/C(O)C(CO)NC(=O)CC(O)CCCCCCCCCCCCCCCCCCCCCCCCCCCCCCCCCCCCC. The Balaban J connectivity index is 3.41. The molecule has 61 heavy (non-hydrogen) atoms. The highest BCUT2D eigenvalue weighted by Gasteiger charge is 2.20. The van der Waals surface area contributed by atoms with E-state index >= 15 is 0 Å². The molecule has 0 aliphatic carbocycles. The summed E-state index contributed by atoms with van der Waals surface area (Å²) in [5, 5.41) is 33.3. The van der Waals surface area contributed by atoms with Crippen molar-refractivity contribution >= 4 is 5.91 Å². The van der Waals surface area contributed by atoms with Crippen molar-refractivity contribution in [2.75, 3.05) is 6.61 Å². The van der Waals surface area contributed by atoms with Crippen LogP contribution in [0.3, 0.4) is 0 Å². The van der Waals surface area contributed by atoms with Crippen LogP contribution in [0.4, 0.5) is 0 Å². The van der Waals surface area contributed by atoms with Gasteiger partial charge in [-0.1, -0.05) is 302 Å². The molecule has 0 spiro atoms. The first-order chi connectivity index (χ1) is 30.0. The normalized spacial score (nSPS) is 13.3. The molecule has 5 heteroatoms. The Kier molecular flexibility index (Phi) is 51.0. The van der Waals surface area contributed by atoms with Gasteiger partial charge in [0.25, 0.3) is 0 Å². The number of unbranched alkanes of at least 4 members (excludes halogenated alkanes) is 43. The van der Waals surface area contributed by atoms with Crippen molar-refractivity contribution in [3.63, 3.8) is 0 Å². The fraction of sp³-hybridized carbons (Fsp3) is 0.946. The van der Waals surface area contributed by atoms with Crippen molar-refractivity contribution in [1.29, 1.82) is 0 Å². The third-order valence-electron chi connectivity index (χ3n) is 13.3. The Hall–Kier alpha value is -0.910. The van der Waals surface area contributed by atoms with Crippen LogP contribution < -0.4 is 5.32 Å². The summed E-state index contributed by atoms with van der Waals surface area (Å²) >= 11 is 0. The van der Waals surface area contributed by atoms with Gasteiger partial charge in [0.05, 0.1) is 31.3 Å². The Bertz CT molecular complexity index is 864. The lowest BCUT2D eigenvalue weighted by molar-refractivity contribution is -0.124. The highest BCUT2D eigenvalue weighted by Crippen LogP contribution is 2.18. The molecule has 0 bridgehead atoms. The summed E-state index contributed by atoms with van der Waals surface area (Å²) in [6.07, 6.45) is 64.3. The molecule has 364 valence electrons. The molecule has 0 saturated heterocycles. The van der Waals surface area contributed by atoms with Crippen molar-refractivity contribution in [3.8, 4) is 0 Å².